The molecule has 0 saturated heterocycles. The second-order valence-electron chi connectivity index (χ2n) is 10.5. The van der Waals surface area contributed by atoms with Crippen molar-refractivity contribution in [3.05, 3.63) is 58.8 Å². The first-order valence-corrected chi connectivity index (χ1v) is 16.3. The average Bonchev–Trinajstić information content (AvgIpc) is 3.04. The highest BCUT2D eigenvalue weighted by molar-refractivity contribution is 5.64. The van der Waals surface area contributed by atoms with Gasteiger partial charge < -0.3 is 14.2 Å². The van der Waals surface area contributed by atoms with Crippen LogP contribution in [-0.4, -0.2) is 35.7 Å². The van der Waals surface area contributed by atoms with Crippen LogP contribution in [0.15, 0.2) is 36.5 Å². The van der Waals surface area contributed by atoms with E-state index < -0.39 is 0 Å². The molecule has 232 valence electrons. The molecule has 3 aromatic rings. The van der Waals surface area contributed by atoms with Crippen LogP contribution in [0.3, 0.4) is 0 Å². The summed E-state index contributed by atoms with van der Waals surface area (Å²) in [5.74, 6) is 2.72. The van der Waals surface area contributed by atoms with E-state index in [4.69, 9.17) is 14.2 Å². The van der Waals surface area contributed by atoms with Crippen LogP contribution in [0.1, 0.15) is 115 Å². The molecule has 0 atom stereocenters. The van der Waals surface area contributed by atoms with Gasteiger partial charge in [0.25, 0.3) is 0 Å². The summed E-state index contributed by atoms with van der Waals surface area (Å²) in [6, 6.07) is 9.73. The fourth-order valence-corrected chi connectivity index (χ4v) is 5.47. The summed E-state index contributed by atoms with van der Waals surface area (Å²) in [5.41, 5.74) is 7.56. The highest BCUT2D eigenvalue weighted by Crippen LogP contribution is 2.42. The smallest absolute Gasteiger partial charge is 0.167 e. The van der Waals surface area contributed by atoms with Gasteiger partial charge in [0, 0.05) is 16.7 Å². The van der Waals surface area contributed by atoms with Crippen molar-refractivity contribution >= 4 is 0 Å². The molecule has 1 aromatic heterocycles. The third-order valence-corrected chi connectivity index (χ3v) is 7.59. The average molecular weight is 578 g/mol. The van der Waals surface area contributed by atoms with Crippen LogP contribution >= 0.6 is 0 Å². The number of unbranched alkanes of at least 4 members (excludes halogenated alkanes) is 6. The second-order valence-corrected chi connectivity index (χ2v) is 10.5. The summed E-state index contributed by atoms with van der Waals surface area (Å²) >= 11 is 0. The van der Waals surface area contributed by atoms with E-state index in [1.165, 1.54) is 68.1 Å². The van der Waals surface area contributed by atoms with Gasteiger partial charge in [0.05, 0.1) is 26.5 Å². The molecule has 0 aliphatic rings. The molecule has 3 rings (SSSR count). The van der Waals surface area contributed by atoms with Crippen LogP contribution in [0.25, 0.3) is 11.3 Å². The quantitative estimate of drug-likeness (QED) is 0.140. The van der Waals surface area contributed by atoms with Crippen LogP contribution in [-0.2, 0) is 25.7 Å². The Balaban J connectivity index is 0.000000363. The first kappa shape index (κ1) is 35.0. The Kier molecular flexibility index (Phi) is 17.3. The molecule has 0 fully saturated rings. The zero-order valence-electron chi connectivity index (χ0n) is 27.4. The highest BCUT2D eigenvalue weighted by Gasteiger charge is 2.23. The SMILES string of the molecule is CCCCCCOc1c(CC)c(CC)c(CCCCCC)c(CC)c1OCC.COc1cnnnc1-c1ccccc1. The monoisotopic (exact) mass is 577 g/mol. The van der Waals surface area contributed by atoms with Gasteiger partial charge in [0.2, 0.25) is 0 Å². The van der Waals surface area contributed by atoms with Crippen molar-refractivity contribution in [2.24, 2.45) is 0 Å². The first-order valence-electron chi connectivity index (χ1n) is 16.3. The summed E-state index contributed by atoms with van der Waals surface area (Å²) in [5, 5.41) is 11.2. The normalized spacial score (nSPS) is 10.6. The topological polar surface area (TPSA) is 66.4 Å². The maximum absolute atomic E-state index is 6.42. The molecule has 6 nitrogen and oxygen atoms in total. The molecular weight excluding hydrogens is 522 g/mol. The molecule has 1 heterocycles. The summed E-state index contributed by atoms with van der Waals surface area (Å²) in [6.07, 6.45) is 16.0. The molecule has 6 heteroatoms. The van der Waals surface area contributed by atoms with Crippen LogP contribution in [0.4, 0.5) is 0 Å². The molecule has 0 radical (unpaired) electrons. The lowest BCUT2D eigenvalue weighted by Crippen LogP contribution is -2.12. The van der Waals surface area contributed by atoms with Crippen LogP contribution in [0.2, 0.25) is 0 Å². The zero-order chi connectivity index (χ0) is 30.6. The summed E-state index contributed by atoms with van der Waals surface area (Å²) in [4.78, 5) is 0. The van der Waals surface area contributed by atoms with Gasteiger partial charge in [-0.25, -0.2) is 0 Å². The minimum atomic E-state index is 0.631. The van der Waals surface area contributed by atoms with Gasteiger partial charge in [-0.05, 0) is 61.8 Å². The Morgan fingerprint density at radius 1 is 0.643 bits per heavy atom. The zero-order valence-corrected chi connectivity index (χ0v) is 27.4. The van der Waals surface area contributed by atoms with Crippen molar-refractivity contribution in [3.8, 4) is 28.5 Å². The number of rotatable bonds is 18. The summed E-state index contributed by atoms with van der Waals surface area (Å²) in [6.45, 7) is 15.0. The number of hydrogen-bond donors (Lipinski definition) is 0. The number of aromatic nitrogens is 3. The van der Waals surface area contributed by atoms with Gasteiger partial charge in [-0.2, -0.15) is 0 Å². The highest BCUT2D eigenvalue weighted by atomic mass is 16.5. The van der Waals surface area contributed by atoms with Gasteiger partial charge in [-0.15, -0.1) is 10.2 Å². The second kappa shape index (κ2) is 20.7. The predicted octanol–water partition coefficient (Wildman–Crippen LogP) is 9.40. The van der Waals surface area contributed by atoms with Crippen molar-refractivity contribution in [3.63, 3.8) is 0 Å². The Hall–Kier alpha value is -3.15. The molecule has 42 heavy (non-hydrogen) atoms. The fourth-order valence-electron chi connectivity index (χ4n) is 5.47. The van der Waals surface area contributed by atoms with E-state index in [2.05, 4.69) is 57.0 Å². The number of methoxy groups -OCH3 is 1. The van der Waals surface area contributed by atoms with Gasteiger partial charge in [-0.1, -0.05) is 103 Å². The van der Waals surface area contributed by atoms with Gasteiger partial charge in [-0.3, -0.25) is 0 Å². The Labute approximate surface area is 255 Å². The van der Waals surface area contributed by atoms with E-state index in [1.54, 1.807) is 18.9 Å². The lowest BCUT2D eigenvalue weighted by molar-refractivity contribution is 0.265. The number of nitrogens with zero attached hydrogens (tertiary/aromatic N) is 3. The van der Waals surface area contributed by atoms with E-state index in [9.17, 15) is 0 Å². The van der Waals surface area contributed by atoms with Crippen molar-refractivity contribution in [1.82, 2.24) is 15.4 Å². The van der Waals surface area contributed by atoms with Gasteiger partial charge in [0.15, 0.2) is 17.2 Å². The van der Waals surface area contributed by atoms with Gasteiger partial charge >= 0.3 is 0 Å². The van der Waals surface area contributed by atoms with Crippen molar-refractivity contribution in [1.29, 1.82) is 0 Å². The molecule has 0 unspecified atom stereocenters. The lowest BCUT2D eigenvalue weighted by Gasteiger charge is -2.25. The molecule has 0 saturated carbocycles. The lowest BCUT2D eigenvalue weighted by atomic mass is 9.87. The maximum Gasteiger partial charge on any atom is 0.167 e. The van der Waals surface area contributed by atoms with Crippen LogP contribution in [0, 0.1) is 0 Å². The van der Waals surface area contributed by atoms with E-state index in [0.717, 1.165) is 49.4 Å². The van der Waals surface area contributed by atoms with E-state index in [1.807, 2.05) is 30.3 Å². The standard InChI is InChI=1S/C26H46O2.C10H9N3O/c1-7-13-15-17-19-24-21(9-3)22(10-4)26(28-20-18-16-14-8-2)25(27-12-6)23(24)11-5;1-14-9-7-11-13-12-10(9)8-5-3-2-4-6-8/h7-20H2,1-6H3;2-7H,1H3. The van der Waals surface area contributed by atoms with E-state index in [-0.39, 0.29) is 0 Å². The predicted molar refractivity (Wildman–Crippen MR) is 175 cm³/mol. The number of ether oxygens (including phenoxy) is 3. The van der Waals surface area contributed by atoms with Crippen molar-refractivity contribution in [2.45, 2.75) is 119 Å². The van der Waals surface area contributed by atoms with E-state index in [0.29, 0.717) is 18.1 Å². The Morgan fingerprint density at radius 3 is 1.86 bits per heavy atom. The van der Waals surface area contributed by atoms with Crippen molar-refractivity contribution < 1.29 is 14.2 Å². The third kappa shape index (κ3) is 10.3. The third-order valence-electron chi connectivity index (χ3n) is 7.59. The molecule has 0 N–H and O–H groups in total. The van der Waals surface area contributed by atoms with Crippen LogP contribution < -0.4 is 14.2 Å². The molecule has 0 aliphatic heterocycles. The molecule has 0 aliphatic carbocycles. The minimum Gasteiger partial charge on any atom is -0.493 e. The van der Waals surface area contributed by atoms with Crippen LogP contribution in [0.5, 0.6) is 17.2 Å². The van der Waals surface area contributed by atoms with Crippen molar-refractivity contribution in [2.75, 3.05) is 20.3 Å². The Bertz CT molecular complexity index is 1150. The molecule has 0 bridgehead atoms. The fraction of sp³-hybridized carbons (Fsp3) is 0.583. The minimum absolute atomic E-state index is 0.631. The molecule has 0 amide bonds. The molecule has 0 spiro atoms. The number of hydrogen-bond acceptors (Lipinski definition) is 6. The summed E-state index contributed by atoms with van der Waals surface area (Å²) in [7, 11) is 1.59. The summed E-state index contributed by atoms with van der Waals surface area (Å²) < 4.78 is 17.8. The molecule has 2 aromatic carbocycles. The number of benzene rings is 2. The largest absolute Gasteiger partial charge is 0.493 e. The van der Waals surface area contributed by atoms with E-state index >= 15 is 0 Å². The van der Waals surface area contributed by atoms with Gasteiger partial charge in [0.1, 0.15) is 5.69 Å². The Morgan fingerprint density at radius 2 is 1.26 bits per heavy atom. The first-order chi connectivity index (χ1) is 20.6. The maximum atomic E-state index is 6.42. The molecular formula is C36H55N3O3.